The van der Waals surface area contributed by atoms with Gasteiger partial charge in [-0.15, -0.1) is 0 Å². The normalized spacial score (nSPS) is 20.2. The third kappa shape index (κ3) is 1.76. The molecule has 0 aliphatic carbocycles. The molecule has 0 radical (unpaired) electrons. The second-order valence-electron chi connectivity index (χ2n) is 3.03. The van der Waals surface area contributed by atoms with Crippen LogP contribution in [0.15, 0.2) is 30.3 Å². The summed E-state index contributed by atoms with van der Waals surface area (Å²) in [5, 5.41) is 0. The molecule has 0 bridgehead atoms. The number of alkyl halides is 2. The van der Waals surface area contributed by atoms with Crippen LogP contribution in [0.1, 0.15) is 5.56 Å². The first-order valence-corrected chi connectivity index (χ1v) is 6.20. The van der Waals surface area contributed by atoms with Gasteiger partial charge in [0.25, 0.3) is 0 Å². The Morgan fingerprint density at radius 2 is 1.64 bits per heavy atom. The van der Waals surface area contributed by atoms with Crippen molar-refractivity contribution in [3.63, 3.8) is 0 Å². The van der Waals surface area contributed by atoms with Gasteiger partial charge in [-0.1, -0.05) is 62.2 Å². The lowest BCUT2D eigenvalue weighted by atomic mass is 10.1. The predicted octanol–water partition coefficient (Wildman–Crippen LogP) is 3.00. The Labute approximate surface area is 99.8 Å². The zero-order valence-electron chi connectivity index (χ0n) is 7.45. The molecule has 1 aromatic carbocycles. The number of halogens is 2. The highest BCUT2D eigenvalue weighted by molar-refractivity contribution is 9.24. The molecule has 0 spiro atoms. The zero-order valence-corrected chi connectivity index (χ0v) is 10.6. The van der Waals surface area contributed by atoms with E-state index < -0.39 is 5.79 Å². The molecule has 0 amide bonds. The molecule has 0 unspecified atom stereocenters. The lowest BCUT2D eigenvalue weighted by molar-refractivity contribution is -0.149. The monoisotopic (exact) mass is 320 g/mol. The maximum atomic E-state index is 5.67. The van der Waals surface area contributed by atoms with Gasteiger partial charge in [0.15, 0.2) is 0 Å². The highest BCUT2D eigenvalue weighted by Gasteiger charge is 2.43. The van der Waals surface area contributed by atoms with Crippen LogP contribution in [-0.4, -0.2) is 17.0 Å². The van der Waals surface area contributed by atoms with E-state index in [2.05, 4.69) is 31.9 Å². The van der Waals surface area contributed by atoms with Gasteiger partial charge in [-0.3, -0.25) is 0 Å². The molecule has 2 nitrogen and oxygen atoms in total. The summed E-state index contributed by atoms with van der Waals surface area (Å²) in [6.07, 6.45) is 0. The smallest absolute Gasteiger partial charge is 0.218 e. The first kappa shape index (κ1) is 10.6. The Bertz CT molecular complexity index is 294. The molecule has 0 saturated carbocycles. The summed E-state index contributed by atoms with van der Waals surface area (Å²) >= 11 is 6.92. The van der Waals surface area contributed by atoms with Crippen LogP contribution in [0.25, 0.3) is 0 Å². The van der Waals surface area contributed by atoms with E-state index in [1.54, 1.807) is 0 Å². The second kappa shape index (κ2) is 4.31. The minimum Gasteiger partial charge on any atom is -0.342 e. The van der Waals surface area contributed by atoms with E-state index in [0.717, 1.165) is 5.56 Å². The number of rotatable bonds is 2. The van der Waals surface area contributed by atoms with Crippen LogP contribution in [0, 0.1) is 0 Å². The summed E-state index contributed by atoms with van der Waals surface area (Å²) in [5.41, 5.74) is 1.02. The molecule has 1 saturated heterocycles. The van der Waals surface area contributed by atoms with Gasteiger partial charge in [0.05, 0.1) is 13.2 Å². The molecular weight excluding hydrogens is 312 g/mol. The van der Waals surface area contributed by atoms with Gasteiger partial charge in [0, 0.05) is 5.56 Å². The molecule has 4 heteroatoms. The highest BCUT2D eigenvalue weighted by atomic mass is 79.9. The average molecular weight is 322 g/mol. The Kier molecular flexibility index (Phi) is 3.27. The van der Waals surface area contributed by atoms with Crippen LogP contribution < -0.4 is 0 Å². The largest absolute Gasteiger partial charge is 0.342 e. The molecule has 2 rings (SSSR count). The Balaban J connectivity index is 2.36. The van der Waals surface area contributed by atoms with Crippen molar-refractivity contribution < 1.29 is 9.47 Å². The summed E-state index contributed by atoms with van der Waals surface area (Å²) < 4.78 is 11.3. The minimum atomic E-state index is -0.679. The van der Waals surface area contributed by atoms with E-state index in [4.69, 9.17) is 9.47 Å². The standard InChI is InChI=1S/C10H10Br2O2/c11-9(12)10(13-6-7-14-10)8-4-2-1-3-5-8/h1-5,9H,6-7H2. The summed E-state index contributed by atoms with van der Waals surface area (Å²) in [7, 11) is 0. The van der Waals surface area contributed by atoms with Gasteiger partial charge in [-0.05, 0) is 0 Å². The van der Waals surface area contributed by atoms with Crippen LogP contribution in [0.4, 0.5) is 0 Å². The molecule has 0 N–H and O–H groups in total. The minimum absolute atomic E-state index is 0.0487. The van der Waals surface area contributed by atoms with Crippen LogP contribution in [-0.2, 0) is 15.3 Å². The summed E-state index contributed by atoms with van der Waals surface area (Å²) in [4.78, 5) is 0. The molecule has 1 aliphatic rings. The van der Waals surface area contributed by atoms with E-state index in [9.17, 15) is 0 Å². The average Bonchev–Trinajstić information content (AvgIpc) is 2.69. The fourth-order valence-electron chi connectivity index (χ4n) is 1.52. The van der Waals surface area contributed by atoms with Gasteiger partial charge in [-0.2, -0.15) is 0 Å². The molecular formula is C10H10Br2O2. The van der Waals surface area contributed by atoms with Gasteiger partial charge >= 0.3 is 0 Å². The predicted molar refractivity (Wildman–Crippen MR) is 61.7 cm³/mol. The molecule has 1 aromatic rings. The van der Waals surface area contributed by atoms with Crippen molar-refractivity contribution in [2.75, 3.05) is 13.2 Å². The van der Waals surface area contributed by atoms with E-state index in [-0.39, 0.29) is 3.74 Å². The highest BCUT2D eigenvalue weighted by Crippen LogP contribution is 2.41. The zero-order chi connectivity index (χ0) is 10.0. The van der Waals surface area contributed by atoms with Gasteiger partial charge in [0.1, 0.15) is 3.74 Å². The lowest BCUT2D eigenvalue weighted by Crippen LogP contribution is -2.33. The lowest BCUT2D eigenvalue weighted by Gasteiger charge is -2.29. The number of ether oxygens (including phenoxy) is 2. The number of hydrogen-bond donors (Lipinski definition) is 0. The fraction of sp³-hybridized carbons (Fsp3) is 0.400. The topological polar surface area (TPSA) is 18.5 Å². The first-order chi connectivity index (χ1) is 6.76. The van der Waals surface area contributed by atoms with Crippen molar-refractivity contribution >= 4 is 31.9 Å². The van der Waals surface area contributed by atoms with Crippen molar-refractivity contribution in [2.24, 2.45) is 0 Å². The fourth-order valence-corrected chi connectivity index (χ4v) is 2.57. The van der Waals surface area contributed by atoms with E-state index in [1.165, 1.54) is 0 Å². The first-order valence-electron chi connectivity index (χ1n) is 4.37. The molecule has 0 aromatic heterocycles. The molecule has 1 heterocycles. The van der Waals surface area contributed by atoms with Crippen molar-refractivity contribution in [1.82, 2.24) is 0 Å². The third-order valence-electron chi connectivity index (χ3n) is 2.18. The van der Waals surface area contributed by atoms with Crippen LogP contribution >= 0.6 is 31.9 Å². The Morgan fingerprint density at radius 3 is 2.14 bits per heavy atom. The Morgan fingerprint density at radius 1 is 1.07 bits per heavy atom. The number of benzene rings is 1. The molecule has 0 atom stereocenters. The van der Waals surface area contributed by atoms with Crippen molar-refractivity contribution in [3.05, 3.63) is 35.9 Å². The maximum absolute atomic E-state index is 5.67. The van der Waals surface area contributed by atoms with Gasteiger partial charge in [-0.25, -0.2) is 0 Å². The van der Waals surface area contributed by atoms with Gasteiger partial charge in [0.2, 0.25) is 5.79 Å². The number of hydrogen-bond acceptors (Lipinski definition) is 2. The van der Waals surface area contributed by atoms with Crippen molar-refractivity contribution in [3.8, 4) is 0 Å². The maximum Gasteiger partial charge on any atom is 0.218 e. The van der Waals surface area contributed by atoms with Crippen LogP contribution in [0.5, 0.6) is 0 Å². The molecule has 76 valence electrons. The van der Waals surface area contributed by atoms with E-state index in [0.29, 0.717) is 13.2 Å². The molecule has 1 aliphatic heterocycles. The van der Waals surface area contributed by atoms with E-state index >= 15 is 0 Å². The quantitative estimate of drug-likeness (QED) is 0.780. The van der Waals surface area contributed by atoms with Crippen LogP contribution in [0.3, 0.4) is 0 Å². The summed E-state index contributed by atoms with van der Waals surface area (Å²) in [6.45, 7) is 1.26. The van der Waals surface area contributed by atoms with Crippen molar-refractivity contribution in [1.29, 1.82) is 0 Å². The molecule has 1 fully saturated rings. The van der Waals surface area contributed by atoms with Crippen molar-refractivity contribution in [2.45, 2.75) is 9.52 Å². The SMILES string of the molecule is BrC(Br)C1(c2ccccc2)OCCO1. The molecule has 14 heavy (non-hydrogen) atoms. The van der Waals surface area contributed by atoms with Gasteiger partial charge < -0.3 is 9.47 Å². The summed E-state index contributed by atoms with van der Waals surface area (Å²) in [5.74, 6) is -0.679. The third-order valence-corrected chi connectivity index (χ3v) is 3.39. The summed E-state index contributed by atoms with van der Waals surface area (Å²) in [6, 6.07) is 9.93. The van der Waals surface area contributed by atoms with Crippen LogP contribution in [0.2, 0.25) is 0 Å². The Hall–Kier alpha value is 0.1000. The van der Waals surface area contributed by atoms with E-state index in [1.807, 2.05) is 30.3 Å². The second-order valence-corrected chi connectivity index (χ2v) is 6.09.